The highest BCUT2D eigenvalue weighted by Gasteiger charge is 2.22. The molecule has 0 aliphatic carbocycles. The zero-order valence-corrected chi connectivity index (χ0v) is 11.1. The van der Waals surface area contributed by atoms with Crippen LogP contribution in [0.15, 0.2) is 15.9 Å². The molecule has 2 aromatic rings. The van der Waals surface area contributed by atoms with Gasteiger partial charge < -0.3 is 10.3 Å². The summed E-state index contributed by atoms with van der Waals surface area (Å²) in [6.45, 7) is 1.95. The number of aryl methyl sites for hydroxylation is 1. The van der Waals surface area contributed by atoms with Crippen molar-refractivity contribution < 1.29 is 12.9 Å². The van der Waals surface area contributed by atoms with E-state index in [9.17, 15) is 8.42 Å². The standard InChI is InChI=1S/C9H14N6O3S/c1-6-7(4-10)9(15-14-6)19(16,17)13-3-2-8-11-5-12-18-8/h5,13H,2-4,10H2,1H3,(H,14,15). The molecule has 0 fully saturated rings. The number of nitrogens with zero attached hydrogens (tertiary/aromatic N) is 3. The van der Waals surface area contributed by atoms with E-state index >= 15 is 0 Å². The second-order valence-electron chi connectivity index (χ2n) is 3.82. The molecule has 0 amide bonds. The third kappa shape index (κ3) is 2.97. The molecule has 0 aromatic carbocycles. The zero-order valence-electron chi connectivity index (χ0n) is 10.3. The molecule has 0 saturated carbocycles. The van der Waals surface area contributed by atoms with E-state index in [0.717, 1.165) is 0 Å². The lowest BCUT2D eigenvalue weighted by Crippen LogP contribution is -2.27. The maximum atomic E-state index is 12.0. The van der Waals surface area contributed by atoms with Gasteiger partial charge in [-0.1, -0.05) is 5.16 Å². The molecule has 2 heterocycles. The fourth-order valence-electron chi connectivity index (χ4n) is 1.56. The number of nitrogens with two attached hydrogens (primary N) is 1. The summed E-state index contributed by atoms with van der Waals surface area (Å²) in [6, 6.07) is 0. The van der Waals surface area contributed by atoms with Crippen LogP contribution < -0.4 is 10.5 Å². The Hall–Kier alpha value is -1.78. The summed E-state index contributed by atoms with van der Waals surface area (Å²) < 4.78 is 31.2. The summed E-state index contributed by atoms with van der Waals surface area (Å²) in [7, 11) is -3.70. The second kappa shape index (κ2) is 5.47. The van der Waals surface area contributed by atoms with Crippen molar-refractivity contribution in [1.82, 2.24) is 25.1 Å². The smallest absolute Gasteiger partial charge is 0.260 e. The molecule has 0 aliphatic rings. The normalized spacial score (nSPS) is 11.9. The zero-order chi connectivity index (χ0) is 13.9. The molecule has 0 saturated heterocycles. The molecule has 10 heteroatoms. The van der Waals surface area contributed by atoms with Crippen molar-refractivity contribution in [3.8, 4) is 0 Å². The van der Waals surface area contributed by atoms with Gasteiger partial charge in [0.2, 0.25) is 5.89 Å². The first kappa shape index (κ1) is 13.6. The lowest BCUT2D eigenvalue weighted by atomic mass is 10.3. The highest BCUT2D eigenvalue weighted by molar-refractivity contribution is 7.89. The molecule has 0 atom stereocenters. The maximum absolute atomic E-state index is 12.0. The first-order valence-electron chi connectivity index (χ1n) is 5.53. The molecular weight excluding hydrogens is 272 g/mol. The summed E-state index contributed by atoms with van der Waals surface area (Å²) >= 11 is 0. The number of hydrogen-bond acceptors (Lipinski definition) is 7. The van der Waals surface area contributed by atoms with Gasteiger partial charge in [-0.3, -0.25) is 5.10 Å². The van der Waals surface area contributed by atoms with Crippen LogP contribution in [0.25, 0.3) is 0 Å². The van der Waals surface area contributed by atoms with Crippen LogP contribution in [0, 0.1) is 6.92 Å². The van der Waals surface area contributed by atoms with Gasteiger partial charge in [-0.05, 0) is 6.92 Å². The number of aromatic nitrogens is 4. The van der Waals surface area contributed by atoms with Crippen molar-refractivity contribution in [1.29, 1.82) is 0 Å². The molecule has 0 radical (unpaired) electrons. The van der Waals surface area contributed by atoms with Gasteiger partial charge >= 0.3 is 0 Å². The van der Waals surface area contributed by atoms with E-state index in [1.807, 2.05) is 0 Å². The van der Waals surface area contributed by atoms with Gasteiger partial charge in [-0.15, -0.1) is 0 Å². The van der Waals surface area contributed by atoms with E-state index in [2.05, 4.69) is 25.1 Å². The molecule has 104 valence electrons. The van der Waals surface area contributed by atoms with E-state index in [-0.39, 0.29) is 18.1 Å². The minimum absolute atomic E-state index is 0.0713. The van der Waals surface area contributed by atoms with Crippen molar-refractivity contribution in [2.45, 2.75) is 24.9 Å². The fraction of sp³-hybridized carbons (Fsp3) is 0.444. The van der Waals surface area contributed by atoms with E-state index in [4.69, 9.17) is 10.3 Å². The summed E-state index contributed by atoms with van der Waals surface area (Å²) in [6.07, 6.45) is 1.56. The highest BCUT2D eigenvalue weighted by atomic mass is 32.2. The molecule has 2 aromatic heterocycles. The predicted octanol–water partition coefficient (Wildman–Crippen LogP) is -0.919. The topological polar surface area (TPSA) is 140 Å². The van der Waals surface area contributed by atoms with Gasteiger partial charge in [0.05, 0.1) is 0 Å². The Morgan fingerprint density at radius 2 is 2.32 bits per heavy atom. The fourth-order valence-corrected chi connectivity index (χ4v) is 2.79. The van der Waals surface area contributed by atoms with E-state index in [0.29, 0.717) is 23.6 Å². The predicted molar refractivity (Wildman–Crippen MR) is 64.4 cm³/mol. The molecule has 19 heavy (non-hydrogen) atoms. The average Bonchev–Trinajstić information content (AvgIpc) is 2.98. The van der Waals surface area contributed by atoms with E-state index < -0.39 is 10.0 Å². The number of rotatable bonds is 6. The van der Waals surface area contributed by atoms with Crippen molar-refractivity contribution in [2.75, 3.05) is 6.54 Å². The van der Waals surface area contributed by atoms with E-state index in [1.165, 1.54) is 6.33 Å². The Kier molecular flexibility index (Phi) is 3.93. The minimum atomic E-state index is -3.70. The third-order valence-electron chi connectivity index (χ3n) is 2.53. The largest absolute Gasteiger partial charge is 0.340 e. The molecular formula is C9H14N6O3S. The van der Waals surface area contributed by atoms with Crippen LogP contribution in [-0.2, 0) is 23.0 Å². The number of sulfonamides is 1. The molecule has 0 aliphatic heterocycles. The monoisotopic (exact) mass is 286 g/mol. The molecule has 0 unspecified atom stereocenters. The highest BCUT2D eigenvalue weighted by Crippen LogP contribution is 2.14. The summed E-state index contributed by atoms with van der Waals surface area (Å²) in [5, 5.41) is 9.73. The van der Waals surface area contributed by atoms with Gasteiger partial charge in [-0.2, -0.15) is 10.1 Å². The Labute approximate surface area is 109 Å². The lowest BCUT2D eigenvalue weighted by Gasteiger charge is -2.04. The van der Waals surface area contributed by atoms with Crippen molar-refractivity contribution in [2.24, 2.45) is 5.73 Å². The SMILES string of the molecule is Cc1[nH]nc(S(=O)(=O)NCCc2ncno2)c1CN. The molecule has 4 N–H and O–H groups in total. The first-order valence-corrected chi connectivity index (χ1v) is 7.02. The van der Waals surface area contributed by atoms with Gasteiger partial charge in [-0.25, -0.2) is 13.1 Å². The summed E-state index contributed by atoms with van der Waals surface area (Å²) in [5.41, 5.74) is 6.63. The average molecular weight is 286 g/mol. The van der Waals surface area contributed by atoms with Crippen LogP contribution in [0.1, 0.15) is 17.1 Å². The van der Waals surface area contributed by atoms with Crippen molar-refractivity contribution in [3.63, 3.8) is 0 Å². The van der Waals surface area contributed by atoms with Crippen LogP contribution in [0.4, 0.5) is 0 Å². The van der Waals surface area contributed by atoms with Crippen LogP contribution >= 0.6 is 0 Å². The van der Waals surface area contributed by atoms with E-state index in [1.54, 1.807) is 6.92 Å². The van der Waals surface area contributed by atoms with Gasteiger partial charge in [0.15, 0.2) is 11.4 Å². The molecule has 9 nitrogen and oxygen atoms in total. The first-order chi connectivity index (χ1) is 9.04. The van der Waals surface area contributed by atoms with Gasteiger partial charge in [0.1, 0.15) is 0 Å². The van der Waals surface area contributed by atoms with Crippen LogP contribution in [-0.4, -0.2) is 35.3 Å². The van der Waals surface area contributed by atoms with Gasteiger partial charge in [0.25, 0.3) is 10.0 Å². The number of hydrogen-bond donors (Lipinski definition) is 3. The van der Waals surface area contributed by atoms with Crippen LogP contribution in [0.3, 0.4) is 0 Å². The molecule has 0 bridgehead atoms. The Bertz CT molecular complexity index is 633. The van der Waals surface area contributed by atoms with Gasteiger partial charge in [0, 0.05) is 30.8 Å². The minimum Gasteiger partial charge on any atom is -0.340 e. The maximum Gasteiger partial charge on any atom is 0.260 e. The van der Waals surface area contributed by atoms with Crippen molar-refractivity contribution >= 4 is 10.0 Å². The molecule has 0 spiro atoms. The summed E-state index contributed by atoms with van der Waals surface area (Å²) in [5.74, 6) is 0.361. The number of aromatic amines is 1. The van der Waals surface area contributed by atoms with Crippen LogP contribution in [0.5, 0.6) is 0 Å². The third-order valence-corrected chi connectivity index (χ3v) is 3.96. The molecule has 2 rings (SSSR count). The number of nitrogens with one attached hydrogen (secondary N) is 2. The number of H-pyrrole nitrogens is 1. The Morgan fingerprint density at radius 1 is 1.53 bits per heavy atom. The summed E-state index contributed by atoms with van der Waals surface area (Å²) in [4.78, 5) is 3.79. The Balaban J connectivity index is 2.05. The van der Waals surface area contributed by atoms with Crippen LogP contribution in [0.2, 0.25) is 0 Å². The van der Waals surface area contributed by atoms with Crippen molar-refractivity contribution in [3.05, 3.63) is 23.5 Å². The second-order valence-corrected chi connectivity index (χ2v) is 5.50. The quantitative estimate of drug-likeness (QED) is 0.623. The Morgan fingerprint density at radius 3 is 2.95 bits per heavy atom. The lowest BCUT2D eigenvalue weighted by molar-refractivity contribution is 0.377.